The SMILES string of the molecule is COc1cc(N)cc(Br)c1NC(=O)c1ccc(-c2ccc(Br)cc2Br)o1. The van der Waals surface area contributed by atoms with E-state index in [2.05, 4.69) is 53.1 Å². The molecule has 0 saturated carbocycles. The Morgan fingerprint density at radius 1 is 1.08 bits per heavy atom. The Morgan fingerprint density at radius 2 is 1.85 bits per heavy atom. The number of rotatable bonds is 4. The average molecular weight is 545 g/mol. The standard InChI is InChI=1S/C18H13Br3N2O3/c1-25-16-8-10(22)7-13(21)17(16)23-18(24)15-5-4-14(26-15)11-3-2-9(19)6-12(11)20/h2-8H,22H2,1H3,(H,23,24). The maximum absolute atomic E-state index is 12.6. The number of amides is 1. The van der Waals surface area contributed by atoms with Gasteiger partial charge in [0.1, 0.15) is 11.5 Å². The molecule has 0 fully saturated rings. The van der Waals surface area contributed by atoms with Crippen molar-refractivity contribution in [3.63, 3.8) is 0 Å². The molecular formula is C18H13Br3N2O3. The third-order valence-corrected chi connectivity index (χ3v) is 5.34. The van der Waals surface area contributed by atoms with Crippen molar-refractivity contribution >= 4 is 65.1 Å². The molecule has 5 nitrogen and oxygen atoms in total. The van der Waals surface area contributed by atoms with Gasteiger partial charge in [-0.25, -0.2) is 0 Å². The molecule has 0 saturated heterocycles. The topological polar surface area (TPSA) is 77.5 Å². The van der Waals surface area contributed by atoms with Crippen molar-refractivity contribution in [1.29, 1.82) is 0 Å². The van der Waals surface area contributed by atoms with E-state index >= 15 is 0 Å². The van der Waals surface area contributed by atoms with Gasteiger partial charge in [-0.1, -0.05) is 15.9 Å². The summed E-state index contributed by atoms with van der Waals surface area (Å²) in [4.78, 5) is 12.6. The van der Waals surface area contributed by atoms with E-state index in [4.69, 9.17) is 14.9 Å². The number of nitrogen functional groups attached to an aromatic ring is 1. The molecule has 0 aliphatic heterocycles. The van der Waals surface area contributed by atoms with E-state index in [1.165, 1.54) is 7.11 Å². The Labute approximate surface area is 175 Å². The summed E-state index contributed by atoms with van der Waals surface area (Å²) in [5.41, 5.74) is 7.64. The highest BCUT2D eigenvalue weighted by Crippen LogP contribution is 2.36. The van der Waals surface area contributed by atoms with E-state index < -0.39 is 5.91 Å². The molecule has 0 bridgehead atoms. The number of ether oxygens (including phenoxy) is 1. The predicted octanol–water partition coefficient (Wildman–Crippen LogP) is 6.08. The third kappa shape index (κ3) is 3.97. The van der Waals surface area contributed by atoms with Crippen LogP contribution in [0.15, 0.2) is 60.3 Å². The van der Waals surface area contributed by atoms with Crippen molar-refractivity contribution in [2.24, 2.45) is 0 Å². The van der Waals surface area contributed by atoms with Gasteiger partial charge in [0.05, 0.1) is 12.8 Å². The molecule has 3 rings (SSSR count). The van der Waals surface area contributed by atoms with Gasteiger partial charge < -0.3 is 20.2 Å². The monoisotopic (exact) mass is 542 g/mol. The van der Waals surface area contributed by atoms with Gasteiger partial charge in [0.2, 0.25) is 0 Å². The Morgan fingerprint density at radius 3 is 2.54 bits per heavy atom. The Kier molecular flexibility index (Phi) is 5.74. The van der Waals surface area contributed by atoms with Crippen LogP contribution in [0.25, 0.3) is 11.3 Å². The second-order valence-electron chi connectivity index (χ2n) is 5.32. The number of hydrogen-bond acceptors (Lipinski definition) is 4. The van der Waals surface area contributed by atoms with Crippen LogP contribution in [0.3, 0.4) is 0 Å². The van der Waals surface area contributed by atoms with Crippen LogP contribution in [0.4, 0.5) is 11.4 Å². The molecule has 0 aliphatic rings. The molecule has 26 heavy (non-hydrogen) atoms. The minimum absolute atomic E-state index is 0.181. The fraction of sp³-hybridized carbons (Fsp3) is 0.0556. The van der Waals surface area contributed by atoms with E-state index in [1.807, 2.05) is 18.2 Å². The van der Waals surface area contributed by atoms with E-state index in [-0.39, 0.29) is 5.76 Å². The lowest BCUT2D eigenvalue weighted by Gasteiger charge is -2.12. The number of carbonyl (C=O) groups is 1. The maximum Gasteiger partial charge on any atom is 0.291 e. The number of anilines is 2. The molecule has 0 aliphatic carbocycles. The van der Waals surface area contributed by atoms with Crippen LogP contribution in [0.5, 0.6) is 5.75 Å². The number of nitrogens with one attached hydrogen (secondary N) is 1. The van der Waals surface area contributed by atoms with Gasteiger partial charge in [-0.2, -0.15) is 0 Å². The average Bonchev–Trinajstić information content (AvgIpc) is 3.06. The Balaban J connectivity index is 1.88. The van der Waals surface area contributed by atoms with E-state index in [0.29, 0.717) is 27.4 Å². The number of furan rings is 1. The van der Waals surface area contributed by atoms with E-state index in [0.717, 1.165) is 14.5 Å². The fourth-order valence-corrected chi connectivity index (χ4v) is 4.15. The van der Waals surface area contributed by atoms with E-state index in [1.54, 1.807) is 24.3 Å². The van der Waals surface area contributed by atoms with Crippen LogP contribution in [-0.4, -0.2) is 13.0 Å². The first kappa shape index (κ1) is 19.0. The summed E-state index contributed by atoms with van der Waals surface area (Å²) in [7, 11) is 1.51. The van der Waals surface area contributed by atoms with Crippen LogP contribution in [-0.2, 0) is 0 Å². The van der Waals surface area contributed by atoms with Crippen LogP contribution < -0.4 is 15.8 Å². The molecule has 0 spiro atoms. The number of halogens is 3. The molecule has 0 atom stereocenters. The number of carbonyl (C=O) groups excluding carboxylic acids is 1. The normalized spacial score (nSPS) is 10.6. The van der Waals surface area contributed by atoms with Crippen molar-refractivity contribution in [2.75, 3.05) is 18.2 Å². The van der Waals surface area contributed by atoms with Gasteiger partial charge in [-0.15, -0.1) is 0 Å². The van der Waals surface area contributed by atoms with Crippen LogP contribution in [0, 0.1) is 0 Å². The smallest absolute Gasteiger partial charge is 0.291 e. The van der Waals surface area contributed by atoms with Crippen LogP contribution in [0.1, 0.15) is 10.6 Å². The van der Waals surface area contributed by atoms with Crippen LogP contribution in [0.2, 0.25) is 0 Å². The molecule has 8 heteroatoms. The summed E-state index contributed by atoms with van der Waals surface area (Å²) in [5, 5.41) is 2.78. The number of methoxy groups -OCH3 is 1. The predicted molar refractivity (Wildman–Crippen MR) is 113 cm³/mol. The van der Waals surface area contributed by atoms with Gasteiger partial charge >= 0.3 is 0 Å². The first-order valence-corrected chi connectivity index (χ1v) is 9.76. The maximum atomic E-state index is 12.6. The Bertz CT molecular complexity index is 986. The molecule has 1 aromatic heterocycles. The molecule has 1 amide bonds. The zero-order chi connectivity index (χ0) is 18.8. The third-order valence-electron chi connectivity index (χ3n) is 3.56. The summed E-state index contributed by atoms with van der Waals surface area (Å²) in [6.07, 6.45) is 0. The van der Waals surface area contributed by atoms with Gasteiger partial charge in [0.25, 0.3) is 5.91 Å². The quantitative estimate of drug-likeness (QED) is 0.390. The number of benzene rings is 2. The second kappa shape index (κ2) is 7.85. The summed E-state index contributed by atoms with van der Waals surface area (Å²) >= 11 is 10.3. The molecule has 3 aromatic rings. The number of hydrogen-bond donors (Lipinski definition) is 2. The highest BCUT2D eigenvalue weighted by molar-refractivity contribution is 9.11. The highest BCUT2D eigenvalue weighted by Gasteiger charge is 2.18. The molecule has 134 valence electrons. The van der Waals surface area contributed by atoms with Crippen molar-refractivity contribution in [1.82, 2.24) is 0 Å². The number of nitrogens with two attached hydrogens (primary N) is 1. The van der Waals surface area contributed by atoms with Crippen molar-refractivity contribution in [3.8, 4) is 17.1 Å². The van der Waals surface area contributed by atoms with Gasteiger partial charge in [0.15, 0.2) is 5.76 Å². The van der Waals surface area contributed by atoms with Gasteiger partial charge in [0, 0.05) is 30.7 Å². The lowest BCUT2D eigenvalue weighted by molar-refractivity contribution is 0.0997. The molecule has 0 radical (unpaired) electrons. The van der Waals surface area contributed by atoms with Crippen molar-refractivity contribution < 1.29 is 13.9 Å². The van der Waals surface area contributed by atoms with E-state index in [9.17, 15) is 4.79 Å². The summed E-state index contributed by atoms with van der Waals surface area (Å²) in [5.74, 6) is 0.819. The minimum atomic E-state index is -0.395. The summed E-state index contributed by atoms with van der Waals surface area (Å²) in [6.45, 7) is 0. The van der Waals surface area contributed by atoms with Crippen molar-refractivity contribution in [3.05, 3.63) is 61.6 Å². The molecular weight excluding hydrogens is 532 g/mol. The first-order valence-electron chi connectivity index (χ1n) is 7.38. The summed E-state index contributed by atoms with van der Waals surface area (Å²) in [6, 6.07) is 12.4. The lowest BCUT2D eigenvalue weighted by Crippen LogP contribution is -2.12. The largest absolute Gasteiger partial charge is 0.494 e. The highest BCUT2D eigenvalue weighted by atomic mass is 79.9. The fourth-order valence-electron chi connectivity index (χ4n) is 2.35. The zero-order valence-corrected chi connectivity index (χ0v) is 18.2. The molecule has 1 heterocycles. The molecule has 0 unspecified atom stereocenters. The Hall–Kier alpha value is -1.77. The minimum Gasteiger partial charge on any atom is -0.494 e. The first-order chi connectivity index (χ1) is 12.4. The van der Waals surface area contributed by atoms with Crippen molar-refractivity contribution in [2.45, 2.75) is 0 Å². The van der Waals surface area contributed by atoms with Crippen LogP contribution >= 0.6 is 47.8 Å². The summed E-state index contributed by atoms with van der Waals surface area (Å²) < 4.78 is 13.4. The van der Waals surface area contributed by atoms with Gasteiger partial charge in [-0.3, -0.25) is 4.79 Å². The van der Waals surface area contributed by atoms with Gasteiger partial charge in [-0.05, 0) is 68.3 Å². The molecule has 2 aromatic carbocycles. The molecule has 3 N–H and O–H groups in total. The second-order valence-corrected chi connectivity index (χ2v) is 7.95. The lowest BCUT2D eigenvalue weighted by atomic mass is 10.2. The zero-order valence-electron chi connectivity index (χ0n) is 13.5.